The minimum atomic E-state index is -2.14. The molecule has 1 amide bonds. The van der Waals surface area contributed by atoms with Crippen LogP contribution in [0.5, 0.6) is 11.6 Å². The van der Waals surface area contributed by atoms with Gasteiger partial charge in [0.15, 0.2) is 14.4 Å². The molecule has 4 aromatic rings. The van der Waals surface area contributed by atoms with Crippen molar-refractivity contribution in [3.8, 4) is 34.3 Å². The molecule has 2 unspecified atom stereocenters. The molecule has 12 nitrogen and oxygen atoms in total. The molecule has 0 bridgehead atoms. The Labute approximate surface area is 247 Å². The predicted octanol–water partition coefficient (Wildman–Crippen LogP) is 5.99. The Hall–Kier alpha value is -4.10. The van der Waals surface area contributed by atoms with Crippen LogP contribution in [-0.4, -0.2) is 62.5 Å². The maximum atomic E-state index is 11.9. The van der Waals surface area contributed by atoms with Gasteiger partial charge in [-0.1, -0.05) is 41.5 Å². The molecule has 0 radical (unpaired) electrons. The normalized spacial score (nSPS) is 13.9. The number of nitrogens with two attached hydrogens (primary N) is 1. The Morgan fingerprint density at radius 3 is 2.26 bits per heavy atom. The number of nitrogens with one attached hydrogen (secondary N) is 1. The summed E-state index contributed by atoms with van der Waals surface area (Å²) < 4.78 is 17.9. The number of H-pyrrole nitrogens is 1. The van der Waals surface area contributed by atoms with Crippen LogP contribution >= 0.6 is 0 Å². The summed E-state index contributed by atoms with van der Waals surface area (Å²) in [5, 5.41) is 20.2. The first-order valence-corrected chi connectivity index (χ1v) is 16.7. The summed E-state index contributed by atoms with van der Waals surface area (Å²) in [5.74, 6) is 1.49. The van der Waals surface area contributed by atoms with Crippen molar-refractivity contribution in [2.45, 2.75) is 71.8 Å². The Morgan fingerprint density at radius 2 is 1.71 bits per heavy atom. The SMILES string of the molecule is CC(C)(C)C(C(CO[Si](C)(C)C(C)(C)C)OC(N)=O)n1nnc(-c2ccc(Oc3ccc(-c4ccn[nH]4)cn3)cc2)n1. The molecule has 0 saturated heterocycles. The molecule has 3 heterocycles. The highest BCUT2D eigenvalue weighted by atomic mass is 28.4. The van der Waals surface area contributed by atoms with Crippen LogP contribution in [0.1, 0.15) is 47.6 Å². The average Bonchev–Trinajstić information content (AvgIpc) is 3.60. The van der Waals surface area contributed by atoms with Crippen LogP contribution in [0, 0.1) is 5.41 Å². The summed E-state index contributed by atoms with van der Waals surface area (Å²) >= 11 is 0. The van der Waals surface area contributed by atoms with E-state index in [-0.39, 0.29) is 11.6 Å². The number of carbonyl (C=O) groups excluding carboxylic acids is 1. The Bertz CT molecular complexity index is 1460. The fraction of sp³-hybridized carbons (Fsp3) is 0.448. The molecule has 3 aromatic heterocycles. The van der Waals surface area contributed by atoms with Crippen molar-refractivity contribution in [2.75, 3.05) is 6.61 Å². The minimum Gasteiger partial charge on any atom is -0.442 e. The highest BCUT2D eigenvalue weighted by Crippen LogP contribution is 2.39. The van der Waals surface area contributed by atoms with E-state index >= 15 is 0 Å². The average molecular weight is 593 g/mol. The van der Waals surface area contributed by atoms with Gasteiger partial charge < -0.3 is 19.6 Å². The third kappa shape index (κ3) is 7.39. The molecule has 0 aliphatic rings. The summed E-state index contributed by atoms with van der Waals surface area (Å²) in [4.78, 5) is 17.8. The second kappa shape index (κ2) is 12.0. The number of pyridine rings is 1. The summed E-state index contributed by atoms with van der Waals surface area (Å²) in [7, 11) is -2.14. The number of hydrogen-bond acceptors (Lipinski definition) is 9. The van der Waals surface area contributed by atoms with Gasteiger partial charge in [0, 0.05) is 29.6 Å². The zero-order chi connectivity index (χ0) is 30.7. The molecule has 4 rings (SSSR count). The Balaban J connectivity index is 1.51. The van der Waals surface area contributed by atoms with Crippen molar-refractivity contribution < 1.29 is 18.7 Å². The van der Waals surface area contributed by atoms with E-state index in [1.165, 1.54) is 4.80 Å². The molecule has 224 valence electrons. The van der Waals surface area contributed by atoms with Crippen molar-refractivity contribution in [2.24, 2.45) is 11.1 Å². The van der Waals surface area contributed by atoms with Crippen LogP contribution in [0.4, 0.5) is 4.79 Å². The molecule has 13 heteroatoms. The van der Waals surface area contributed by atoms with Crippen LogP contribution in [-0.2, 0) is 9.16 Å². The van der Waals surface area contributed by atoms with Gasteiger partial charge in [-0.15, -0.1) is 10.2 Å². The predicted molar refractivity (Wildman–Crippen MR) is 161 cm³/mol. The van der Waals surface area contributed by atoms with Crippen molar-refractivity contribution in [1.29, 1.82) is 0 Å². The van der Waals surface area contributed by atoms with Crippen molar-refractivity contribution in [1.82, 2.24) is 35.4 Å². The lowest BCUT2D eigenvalue weighted by Crippen LogP contribution is -2.47. The van der Waals surface area contributed by atoms with E-state index in [1.807, 2.05) is 57.2 Å². The van der Waals surface area contributed by atoms with E-state index in [4.69, 9.17) is 19.6 Å². The lowest BCUT2D eigenvalue weighted by Gasteiger charge is -2.40. The van der Waals surface area contributed by atoms with Crippen LogP contribution < -0.4 is 10.5 Å². The van der Waals surface area contributed by atoms with Gasteiger partial charge in [0.05, 0.1) is 12.3 Å². The van der Waals surface area contributed by atoms with Crippen LogP contribution in [0.2, 0.25) is 18.1 Å². The topological polar surface area (TPSA) is 156 Å². The van der Waals surface area contributed by atoms with Crippen LogP contribution in [0.25, 0.3) is 22.6 Å². The summed E-state index contributed by atoms with van der Waals surface area (Å²) in [6.07, 6.45) is 1.81. The number of aromatic nitrogens is 7. The third-order valence-electron chi connectivity index (χ3n) is 7.48. The molecular weight excluding hydrogens is 552 g/mol. The largest absolute Gasteiger partial charge is 0.442 e. The molecular formula is C29H40N8O4Si. The fourth-order valence-corrected chi connectivity index (χ4v) is 5.18. The molecule has 0 saturated carbocycles. The van der Waals surface area contributed by atoms with Gasteiger partial charge in [-0.2, -0.15) is 9.90 Å². The number of amides is 1. The fourth-order valence-electron chi connectivity index (χ4n) is 4.17. The first kappa shape index (κ1) is 30.8. The van der Waals surface area contributed by atoms with Crippen molar-refractivity contribution in [3.05, 3.63) is 54.9 Å². The van der Waals surface area contributed by atoms with Crippen LogP contribution in [0.15, 0.2) is 54.9 Å². The van der Waals surface area contributed by atoms with Gasteiger partial charge >= 0.3 is 6.09 Å². The van der Waals surface area contributed by atoms with Gasteiger partial charge in [-0.05, 0) is 65.2 Å². The third-order valence-corrected chi connectivity index (χ3v) is 12.0. The molecule has 1 aromatic carbocycles. The van der Waals surface area contributed by atoms with Crippen LogP contribution in [0.3, 0.4) is 0 Å². The highest BCUT2D eigenvalue weighted by Gasteiger charge is 2.42. The summed E-state index contributed by atoms with van der Waals surface area (Å²) in [6.45, 7) is 17.0. The molecule has 2 atom stereocenters. The zero-order valence-corrected chi connectivity index (χ0v) is 26.5. The second-order valence-corrected chi connectivity index (χ2v) is 17.6. The maximum Gasteiger partial charge on any atom is 0.404 e. The monoisotopic (exact) mass is 592 g/mol. The quantitative estimate of drug-likeness (QED) is 0.211. The molecule has 0 fully saturated rings. The lowest BCUT2D eigenvalue weighted by atomic mass is 9.84. The van der Waals surface area contributed by atoms with Gasteiger partial charge in [-0.25, -0.2) is 9.78 Å². The number of benzene rings is 1. The Kier molecular flexibility index (Phi) is 8.83. The lowest BCUT2D eigenvalue weighted by molar-refractivity contribution is -0.0106. The number of rotatable bonds is 10. The zero-order valence-electron chi connectivity index (χ0n) is 25.5. The Morgan fingerprint density at radius 1 is 1.02 bits per heavy atom. The number of tetrazole rings is 1. The van der Waals surface area contributed by atoms with Gasteiger partial charge in [0.2, 0.25) is 11.7 Å². The number of primary amides is 1. The van der Waals surface area contributed by atoms with Gasteiger partial charge in [0.25, 0.3) is 0 Å². The number of nitrogens with zero attached hydrogens (tertiary/aromatic N) is 6. The summed E-state index contributed by atoms with van der Waals surface area (Å²) in [6, 6.07) is 12.4. The molecule has 3 N–H and O–H groups in total. The van der Waals surface area contributed by atoms with Crippen molar-refractivity contribution in [3.63, 3.8) is 0 Å². The van der Waals surface area contributed by atoms with Gasteiger partial charge in [-0.3, -0.25) is 5.10 Å². The first-order valence-electron chi connectivity index (χ1n) is 13.8. The molecule has 0 aliphatic heterocycles. The van der Waals surface area contributed by atoms with E-state index < -0.39 is 32.0 Å². The number of hydrogen-bond donors (Lipinski definition) is 2. The molecule has 0 aliphatic carbocycles. The van der Waals surface area contributed by atoms with E-state index in [0.29, 0.717) is 17.5 Å². The highest BCUT2D eigenvalue weighted by molar-refractivity contribution is 6.74. The maximum absolute atomic E-state index is 11.9. The smallest absolute Gasteiger partial charge is 0.404 e. The molecule has 42 heavy (non-hydrogen) atoms. The van der Waals surface area contributed by atoms with Crippen molar-refractivity contribution >= 4 is 14.4 Å². The standard InChI is InChI=1S/C29H40N8O4Si/c1-28(2,3)25(23(41-27(30)38)18-39-42(7,8)29(4,5)6)37-35-26(34-36-37)19-9-12-21(13-10-19)40-24-14-11-20(17-31-24)22-15-16-32-33-22/h9-17,23,25H,18H2,1-8H3,(H2,30,38)(H,32,33). The van der Waals surface area contributed by atoms with E-state index in [2.05, 4.69) is 64.5 Å². The van der Waals surface area contributed by atoms with E-state index in [9.17, 15) is 4.79 Å². The second-order valence-electron chi connectivity index (χ2n) is 12.8. The first-order chi connectivity index (χ1) is 19.6. The number of carbonyl (C=O) groups is 1. The van der Waals surface area contributed by atoms with E-state index in [0.717, 1.165) is 16.8 Å². The summed E-state index contributed by atoms with van der Waals surface area (Å²) in [5.41, 5.74) is 7.59. The number of aromatic amines is 1. The van der Waals surface area contributed by atoms with E-state index in [1.54, 1.807) is 18.5 Å². The minimum absolute atomic E-state index is 0.0181. The molecule has 0 spiro atoms. The van der Waals surface area contributed by atoms with Gasteiger partial charge in [0.1, 0.15) is 11.8 Å². The number of ether oxygens (including phenoxy) is 2.